The highest BCUT2D eigenvalue weighted by molar-refractivity contribution is 7.88. The van der Waals surface area contributed by atoms with Gasteiger partial charge in [-0.2, -0.15) is 5.26 Å². The van der Waals surface area contributed by atoms with Crippen molar-refractivity contribution < 1.29 is 18.0 Å². The summed E-state index contributed by atoms with van der Waals surface area (Å²) in [5.41, 5.74) is 0.963. The van der Waals surface area contributed by atoms with E-state index in [1.807, 2.05) is 6.07 Å². The fraction of sp³-hybridized carbons (Fsp3) is 0.423. The van der Waals surface area contributed by atoms with Crippen LogP contribution in [0.25, 0.3) is 0 Å². The third-order valence-corrected chi connectivity index (χ3v) is 7.42. The maximum Gasteiger partial charge on any atom is 0.254 e. The molecule has 1 aromatic carbocycles. The molecule has 2 N–H and O–H groups in total. The monoisotopic (exact) mass is 528 g/mol. The Morgan fingerprint density at radius 1 is 1.31 bits per heavy atom. The summed E-state index contributed by atoms with van der Waals surface area (Å²) in [5, 5.41) is 12.0. The zero-order chi connectivity index (χ0) is 26.3. The second kappa shape index (κ2) is 12.2. The molecule has 1 heterocycles. The number of terminal acetylenes is 1. The van der Waals surface area contributed by atoms with E-state index in [-0.39, 0.29) is 24.8 Å². The fourth-order valence-corrected chi connectivity index (χ4v) is 6.10. The van der Waals surface area contributed by atoms with Crippen molar-refractivity contribution in [2.45, 2.75) is 56.1 Å². The minimum absolute atomic E-state index is 0.174. The van der Waals surface area contributed by atoms with Gasteiger partial charge in [-0.15, -0.1) is 6.42 Å². The lowest BCUT2D eigenvalue weighted by Crippen LogP contribution is -2.62. The molecule has 10 heteroatoms. The second-order valence-corrected chi connectivity index (χ2v) is 11.1. The first kappa shape index (κ1) is 27.5. The van der Waals surface area contributed by atoms with E-state index >= 15 is 0 Å². The molecule has 0 saturated heterocycles. The molecule has 0 radical (unpaired) electrons. The summed E-state index contributed by atoms with van der Waals surface area (Å²) in [6.45, 7) is -0.174. The first-order chi connectivity index (χ1) is 17.2. The standard InChI is InChI=1S/C26H29ClN4O4S/c1-3-9-18(27)10-8-15-23-24(25(32)29-17-16-28)19-11-4-5-12-20(19)26(33)31(23)22-14-7-6-13-21(22)30-36(2,34)35/h1,4-5,8-12,21-24,30H,6-7,13-15,17H2,2H3,(H,29,32)/b10-8-,18-9+/t21-,22-,23-,24+/m0/s1. The maximum atomic E-state index is 13.9. The van der Waals surface area contributed by atoms with Crippen molar-refractivity contribution in [1.82, 2.24) is 14.9 Å². The number of nitrogens with zero attached hydrogens (tertiary/aromatic N) is 2. The van der Waals surface area contributed by atoms with Crippen LogP contribution in [0, 0.1) is 23.7 Å². The molecule has 190 valence electrons. The van der Waals surface area contributed by atoms with E-state index in [1.165, 1.54) is 6.08 Å². The Bertz CT molecular complexity index is 1250. The van der Waals surface area contributed by atoms with Gasteiger partial charge in [-0.3, -0.25) is 9.59 Å². The lowest BCUT2D eigenvalue weighted by Gasteiger charge is -2.48. The molecule has 0 unspecified atom stereocenters. The topological polar surface area (TPSA) is 119 Å². The van der Waals surface area contributed by atoms with E-state index in [2.05, 4.69) is 16.0 Å². The SMILES string of the molecule is C#C/C=C(Cl)\C=C/C[C@H]1[C@H](C(=O)NCC#N)c2ccccc2C(=O)N1[C@H]1CCCC[C@@H]1NS(C)(=O)=O. The Balaban J connectivity index is 2.12. The van der Waals surface area contributed by atoms with Gasteiger partial charge in [-0.25, -0.2) is 13.1 Å². The summed E-state index contributed by atoms with van der Waals surface area (Å²) in [7, 11) is -3.53. The number of halogens is 1. The first-order valence-electron chi connectivity index (χ1n) is 11.7. The van der Waals surface area contributed by atoms with Gasteiger partial charge in [0, 0.05) is 28.8 Å². The largest absolute Gasteiger partial charge is 0.342 e. The minimum atomic E-state index is -3.53. The molecular formula is C26H29ClN4O4S. The molecule has 1 aliphatic carbocycles. The lowest BCUT2D eigenvalue weighted by atomic mass is 9.77. The normalized spacial score (nSPS) is 24.6. The molecule has 4 atom stereocenters. The minimum Gasteiger partial charge on any atom is -0.342 e. The molecule has 1 aromatic rings. The van der Waals surface area contributed by atoms with Crippen LogP contribution < -0.4 is 10.0 Å². The summed E-state index contributed by atoms with van der Waals surface area (Å²) in [5.74, 6) is 0.935. The van der Waals surface area contributed by atoms with E-state index in [0.717, 1.165) is 19.1 Å². The number of nitrogens with one attached hydrogen (secondary N) is 2. The molecular weight excluding hydrogens is 500 g/mol. The van der Waals surface area contributed by atoms with Gasteiger partial charge in [0.25, 0.3) is 5.91 Å². The summed E-state index contributed by atoms with van der Waals surface area (Å²) in [6.07, 6.45) is 14.2. The van der Waals surface area contributed by atoms with Gasteiger partial charge in [0.15, 0.2) is 0 Å². The molecule has 2 aliphatic rings. The molecule has 8 nitrogen and oxygen atoms in total. The van der Waals surface area contributed by atoms with Crippen LogP contribution in [-0.2, 0) is 14.8 Å². The van der Waals surface area contributed by atoms with E-state index in [9.17, 15) is 18.0 Å². The van der Waals surface area contributed by atoms with Crippen LogP contribution in [-0.4, -0.2) is 56.1 Å². The van der Waals surface area contributed by atoms with Gasteiger partial charge in [0.1, 0.15) is 6.54 Å². The summed E-state index contributed by atoms with van der Waals surface area (Å²) < 4.78 is 27.0. The molecule has 1 aliphatic heterocycles. The van der Waals surface area contributed by atoms with Crippen molar-refractivity contribution >= 4 is 33.4 Å². The van der Waals surface area contributed by atoms with Crippen molar-refractivity contribution in [3.63, 3.8) is 0 Å². The zero-order valence-corrected chi connectivity index (χ0v) is 21.6. The molecule has 1 fully saturated rings. The lowest BCUT2D eigenvalue weighted by molar-refractivity contribution is -0.124. The van der Waals surface area contributed by atoms with Crippen LogP contribution in [0.1, 0.15) is 53.9 Å². The van der Waals surface area contributed by atoms with Crippen molar-refractivity contribution in [2.75, 3.05) is 12.8 Å². The van der Waals surface area contributed by atoms with Crippen LogP contribution in [0.4, 0.5) is 0 Å². The number of carbonyl (C=O) groups is 2. The van der Waals surface area contributed by atoms with Gasteiger partial charge in [-0.1, -0.05) is 54.6 Å². The third kappa shape index (κ3) is 6.55. The fourth-order valence-electron chi connectivity index (χ4n) is 5.12. The van der Waals surface area contributed by atoms with Crippen LogP contribution in [0.2, 0.25) is 0 Å². The van der Waals surface area contributed by atoms with Crippen LogP contribution in [0.3, 0.4) is 0 Å². The predicted octanol–water partition coefficient (Wildman–Crippen LogP) is 2.80. The quantitative estimate of drug-likeness (QED) is 0.305. The highest BCUT2D eigenvalue weighted by Crippen LogP contribution is 2.39. The molecule has 0 spiro atoms. The van der Waals surface area contributed by atoms with Crippen LogP contribution in [0.15, 0.2) is 47.5 Å². The van der Waals surface area contributed by atoms with Gasteiger partial charge in [-0.05, 0) is 37.0 Å². The number of fused-ring (bicyclic) bond motifs is 1. The van der Waals surface area contributed by atoms with Crippen LogP contribution >= 0.6 is 11.6 Å². The predicted molar refractivity (Wildman–Crippen MR) is 138 cm³/mol. The maximum absolute atomic E-state index is 13.9. The van der Waals surface area contributed by atoms with E-state index in [4.69, 9.17) is 23.3 Å². The van der Waals surface area contributed by atoms with E-state index in [0.29, 0.717) is 29.0 Å². The average molecular weight is 529 g/mol. The van der Waals surface area contributed by atoms with Crippen molar-refractivity contribution in [3.05, 3.63) is 58.7 Å². The number of allylic oxidation sites excluding steroid dienone is 3. The molecule has 36 heavy (non-hydrogen) atoms. The number of nitriles is 1. The number of rotatable bonds is 8. The number of hydrogen-bond acceptors (Lipinski definition) is 5. The van der Waals surface area contributed by atoms with Gasteiger partial charge >= 0.3 is 0 Å². The highest BCUT2D eigenvalue weighted by atomic mass is 35.5. The Hall–Kier alpha value is -3.11. The van der Waals surface area contributed by atoms with Crippen molar-refractivity contribution in [1.29, 1.82) is 5.26 Å². The number of amides is 2. The Labute approximate surface area is 217 Å². The number of sulfonamides is 1. The average Bonchev–Trinajstić information content (AvgIpc) is 2.83. The Kier molecular flexibility index (Phi) is 9.33. The summed E-state index contributed by atoms with van der Waals surface area (Å²) in [4.78, 5) is 28.9. The first-order valence-corrected chi connectivity index (χ1v) is 14.0. The number of hydrogen-bond donors (Lipinski definition) is 2. The summed E-state index contributed by atoms with van der Waals surface area (Å²) in [6, 6.07) is 7.27. The van der Waals surface area contributed by atoms with Gasteiger partial charge in [0.05, 0.1) is 24.3 Å². The molecule has 3 rings (SSSR count). The van der Waals surface area contributed by atoms with Crippen molar-refractivity contribution in [2.24, 2.45) is 0 Å². The van der Waals surface area contributed by atoms with E-state index in [1.54, 1.807) is 41.3 Å². The van der Waals surface area contributed by atoms with Crippen molar-refractivity contribution in [3.8, 4) is 18.4 Å². The summed E-state index contributed by atoms with van der Waals surface area (Å²) >= 11 is 6.12. The Morgan fingerprint density at radius 2 is 2.03 bits per heavy atom. The highest BCUT2D eigenvalue weighted by Gasteiger charge is 2.47. The third-order valence-electron chi connectivity index (χ3n) is 6.46. The molecule has 2 amide bonds. The molecule has 0 aromatic heterocycles. The number of carbonyl (C=O) groups excluding carboxylic acids is 2. The molecule has 1 saturated carbocycles. The smallest absolute Gasteiger partial charge is 0.254 e. The van der Waals surface area contributed by atoms with Gasteiger partial charge < -0.3 is 10.2 Å². The molecule has 0 bridgehead atoms. The Morgan fingerprint density at radius 3 is 2.72 bits per heavy atom. The number of benzene rings is 1. The second-order valence-electron chi connectivity index (χ2n) is 8.90. The van der Waals surface area contributed by atoms with Gasteiger partial charge in [0.2, 0.25) is 15.9 Å². The van der Waals surface area contributed by atoms with E-state index < -0.39 is 34.1 Å². The zero-order valence-electron chi connectivity index (χ0n) is 20.0. The van der Waals surface area contributed by atoms with Crippen LogP contribution in [0.5, 0.6) is 0 Å².